The molecule has 8 atom stereocenters. The third kappa shape index (κ3) is 3.12. The van der Waals surface area contributed by atoms with Gasteiger partial charge < -0.3 is 10.2 Å². The number of aliphatic imine (C=N–C) groups is 1. The molecule has 0 unspecified atom stereocenters. The molecular weight excluding hydrogens is 334 g/mol. The molecule has 4 aliphatic rings. The molecule has 0 saturated heterocycles. The maximum Gasteiger partial charge on any atom is 0.0812 e. The van der Waals surface area contributed by atoms with Crippen LogP contribution in [0.25, 0.3) is 0 Å². The summed E-state index contributed by atoms with van der Waals surface area (Å²) in [6, 6.07) is 0.272. The maximum atomic E-state index is 10.2. The maximum absolute atomic E-state index is 10.2. The van der Waals surface area contributed by atoms with Gasteiger partial charge in [-0.1, -0.05) is 13.8 Å². The molecule has 0 aliphatic heterocycles. The van der Waals surface area contributed by atoms with E-state index in [1.807, 2.05) is 0 Å². The molecule has 0 spiro atoms. The highest BCUT2D eigenvalue weighted by Gasteiger charge is 2.60. The summed E-state index contributed by atoms with van der Waals surface area (Å²) >= 11 is 0. The van der Waals surface area contributed by atoms with Gasteiger partial charge in [0.05, 0.1) is 12.7 Å². The Morgan fingerprint density at radius 2 is 1.67 bits per heavy atom. The number of rotatable bonds is 3. The van der Waals surface area contributed by atoms with Gasteiger partial charge in [0.15, 0.2) is 0 Å². The number of hydrogen-bond donors (Lipinski definition) is 2. The summed E-state index contributed by atoms with van der Waals surface area (Å²) in [6.07, 6.45) is 11.1. The van der Waals surface area contributed by atoms with Gasteiger partial charge in [-0.25, -0.2) is 0 Å². The fraction of sp³-hybridized carbons (Fsp3) is 0.958. The zero-order valence-electron chi connectivity index (χ0n) is 18.0. The van der Waals surface area contributed by atoms with Crippen molar-refractivity contribution in [3.8, 4) is 0 Å². The molecule has 4 aliphatic carbocycles. The van der Waals surface area contributed by atoms with E-state index >= 15 is 0 Å². The van der Waals surface area contributed by atoms with Crippen LogP contribution in [0.4, 0.5) is 0 Å². The van der Waals surface area contributed by atoms with E-state index in [-0.39, 0.29) is 18.8 Å². The molecule has 4 saturated carbocycles. The molecule has 0 amide bonds. The first-order valence-electron chi connectivity index (χ1n) is 11.6. The van der Waals surface area contributed by atoms with Crippen LogP contribution in [0.5, 0.6) is 0 Å². The Morgan fingerprint density at radius 3 is 2.37 bits per heavy atom. The topological polar surface area (TPSA) is 52.8 Å². The van der Waals surface area contributed by atoms with Crippen molar-refractivity contribution in [3.05, 3.63) is 0 Å². The summed E-state index contributed by atoms with van der Waals surface area (Å²) in [5.74, 6) is 3.72. The van der Waals surface area contributed by atoms with Gasteiger partial charge in [0.2, 0.25) is 0 Å². The molecule has 0 aromatic carbocycles. The average molecular weight is 376 g/mol. The minimum Gasteiger partial charge on any atom is -0.393 e. The second-order valence-electron chi connectivity index (χ2n) is 11.1. The molecule has 2 N–H and O–H groups in total. The van der Waals surface area contributed by atoms with Crippen LogP contribution in [0.3, 0.4) is 0 Å². The van der Waals surface area contributed by atoms with Crippen LogP contribution < -0.4 is 0 Å². The van der Waals surface area contributed by atoms with Crippen LogP contribution in [-0.2, 0) is 0 Å². The van der Waals surface area contributed by atoms with Gasteiger partial charge in [-0.15, -0.1) is 0 Å². The number of nitrogens with zero attached hydrogens (tertiary/aromatic N) is 1. The molecule has 27 heavy (non-hydrogen) atoms. The number of aliphatic hydroxyl groups is 2. The summed E-state index contributed by atoms with van der Waals surface area (Å²) in [5, 5.41) is 20.2. The number of hydrogen-bond acceptors (Lipinski definition) is 3. The van der Waals surface area contributed by atoms with Crippen molar-refractivity contribution in [2.75, 3.05) is 6.61 Å². The van der Waals surface area contributed by atoms with Crippen LogP contribution in [0.15, 0.2) is 4.99 Å². The van der Waals surface area contributed by atoms with E-state index in [9.17, 15) is 10.2 Å². The van der Waals surface area contributed by atoms with E-state index < -0.39 is 0 Å². The molecule has 154 valence electrons. The van der Waals surface area contributed by atoms with Gasteiger partial charge >= 0.3 is 0 Å². The van der Waals surface area contributed by atoms with Crippen LogP contribution in [-0.4, -0.2) is 34.7 Å². The van der Waals surface area contributed by atoms with Gasteiger partial charge in [-0.2, -0.15) is 0 Å². The van der Waals surface area contributed by atoms with Crippen molar-refractivity contribution in [3.63, 3.8) is 0 Å². The lowest BCUT2D eigenvalue weighted by molar-refractivity contribution is -0.123. The van der Waals surface area contributed by atoms with Crippen LogP contribution in [0, 0.1) is 40.4 Å². The van der Waals surface area contributed by atoms with Gasteiger partial charge in [0, 0.05) is 17.7 Å². The highest BCUT2D eigenvalue weighted by molar-refractivity contribution is 5.89. The summed E-state index contributed by atoms with van der Waals surface area (Å²) in [4.78, 5) is 4.84. The Kier molecular flexibility index (Phi) is 5.25. The first-order chi connectivity index (χ1) is 12.8. The van der Waals surface area contributed by atoms with Crippen molar-refractivity contribution < 1.29 is 10.2 Å². The Bertz CT molecular complexity index is 587. The van der Waals surface area contributed by atoms with E-state index in [0.29, 0.717) is 16.7 Å². The Labute approximate surface area is 166 Å². The first-order valence-corrected chi connectivity index (χ1v) is 11.6. The van der Waals surface area contributed by atoms with Crippen molar-refractivity contribution in [1.29, 1.82) is 0 Å². The molecule has 0 bridgehead atoms. The van der Waals surface area contributed by atoms with E-state index in [2.05, 4.69) is 27.7 Å². The fourth-order valence-electron chi connectivity index (χ4n) is 8.36. The highest BCUT2D eigenvalue weighted by atomic mass is 16.3. The van der Waals surface area contributed by atoms with E-state index in [1.54, 1.807) is 0 Å². The first kappa shape index (κ1) is 19.9. The second-order valence-corrected chi connectivity index (χ2v) is 11.1. The molecule has 0 heterocycles. The zero-order valence-corrected chi connectivity index (χ0v) is 18.0. The molecule has 4 fully saturated rings. The predicted octanol–water partition coefficient (Wildman–Crippen LogP) is 4.85. The minimum atomic E-state index is -0.0521. The summed E-state index contributed by atoms with van der Waals surface area (Å²) in [6.45, 7) is 9.48. The molecule has 3 nitrogen and oxygen atoms in total. The van der Waals surface area contributed by atoms with E-state index in [1.165, 1.54) is 44.9 Å². The summed E-state index contributed by atoms with van der Waals surface area (Å²) < 4.78 is 0. The highest BCUT2D eigenvalue weighted by Crippen LogP contribution is 2.67. The molecule has 0 aromatic rings. The average Bonchev–Trinajstić information content (AvgIpc) is 2.97. The molecule has 3 heteroatoms. The SMILES string of the molecule is CC(C)N=C(CO)[C@H]1CC[C@H]2[C@@H]3CC[C@H]4C[C@H](O)CC[C@]4(C)[C@H]3CC[C@]12C. The second kappa shape index (κ2) is 7.13. The molecule has 0 radical (unpaired) electrons. The van der Waals surface area contributed by atoms with Crippen molar-refractivity contribution >= 4 is 5.71 Å². The normalized spacial score (nSPS) is 50.3. The summed E-state index contributed by atoms with van der Waals surface area (Å²) in [7, 11) is 0. The van der Waals surface area contributed by atoms with Gasteiger partial charge in [0.25, 0.3) is 0 Å². The van der Waals surface area contributed by atoms with Crippen molar-refractivity contribution in [1.82, 2.24) is 0 Å². The lowest BCUT2D eigenvalue weighted by Gasteiger charge is -2.61. The largest absolute Gasteiger partial charge is 0.393 e. The quantitative estimate of drug-likeness (QED) is 0.693. The minimum absolute atomic E-state index is 0.0521. The van der Waals surface area contributed by atoms with Crippen LogP contribution >= 0.6 is 0 Å². The molecule has 4 rings (SSSR count). The van der Waals surface area contributed by atoms with E-state index in [4.69, 9.17) is 4.99 Å². The van der Waals surface area contributed by atoms with Crippen LogP contribution in [0.1, 0.15) is 85.5 Å². The van der Waals surface area contributed by atoms with Gasteiger partial charge in [0.1, 0.15) is 0 Å². The zero-order chi connectivity index (χ0) is 19.4. The van der Waals surface area contributed by atoms with Crippen molar-refractivity contribution in [2.45, 2.75) is 97.6 Å². The lowest BCUT2D eigenvalue weighted by atomic mass is 9.44. The van der Waals surface area contributed by atoms with Gasteiger partial charge in [-0.05, 0) is 106 Å². The van der Waals surface area contributed by atoms with Crippen molar-refractivity contribution in [2.24, 2.45) is 45.4 Å². The predicted molar refractivity (Wildman–Crippen MR) is 111 cm³/mol. The monoisotopic (exact) mass is 375 g/mol. The van der Waals surface area contributed by atoms with Crippen LogP contribution in [0.2, 0.25) is 0 Å². The smallest absolute Gasteiger partial charge is 0.0812 e. The Hall–Kier alpha value is -0.410. The van der Waals surface area contributed by atoms with E-state index in [0.717, 1.165) is 42.2 Å². The third-order valence-electron chi connectivity index (χ3n) is 9.63. The van der Waals surface area contributed by atoms with Gasteiger partial charge in [-0.3, -0.25) is 4.99 Å². The lowest BCUT2D eigenvalue weighted by Crippen LogP contribution is -2.54. The summed E-state index contributed by atoms with van der Waals surface area (Å²) in [5.41, 5.74) is 1.86. The Morgan fingerprint density at radius 1 is 0.963 bits per heavy atom. The standard InChI is InChI=1S/C24H41NO2/c1-15(2)25-22(14-26)21-8-7-19-18-6-5-16-13-17(27)9-11-23(16,3)20(18)10-12-24(19,21)4/h15-21,26-27H,5-14H2,1-4H3/t16-,17+,18-,19-,20-,21+,23-,24-/m0/s1. The number of aliphatic hydroxyl groups excluding tert-OH is 2. The third-order valence-corrected chi connectivity index (χ3v) is 9.63. The molecule has 0 aromatic heterocycles. The Balaban J connectivity index is 1.59. The number of fused-ring (bicyclic) bond motifs is 5. The fourth-order valence-corrected chi connectivity index (χ4v) is 8.36. The molecular formula is C24H41NO2.